The number of benzene rings is 1. The molecule has 0 aliphatic rings. The summed E-state index contributed by atoms with van der Waals surface area (Å²) in [6, 6.07) is 9.92. The lowest BCUT2D eigenvalue weighted by Crippen LogP contribution is -2.29. The Morgan fingerprint density at radius 1 is 1.18 bits per heavy atom. The molecule has 0 atom stereocenters. The lowest BCUT2D eigenvalue weighted by Gasteiger charge is -2.17. The van der Waals surface area contributed by atoms with Crippen molar-refractivity contribution in [3.63, 3.8) is 0 Å². The van der Waals surface area contributed by atoms with Crippen LogP contribution >= 0.6 is 0 Å². The largest absolute Gasteiger partial charge is 0.416 e. The fourth-order valence-corrected chi connectivity index (χ4v) is 1.98. The van der Waals surface area contributed by atoms with Crippen LogP contribution in [0.3, 0.4) is 0 Å². The first-order valence-electron chi connectivity index (χ1n) is 6.70. The summed E-state index contributed by atoms with van der Waals surface area (Å²) in [6.45, 7) is 0.381. The summed E-state index contributed by atoms with van der Waals surface area (Å²) in [7, 11) is 1.56. The number of alkyl halides is 3. The first-order chi connectivity index (χ1) is 10.4. The second-order valence-electron chi connectivity index (χ2n) is 4.88. The SMILES string of the molecule is CN(CCc1ccccn1)C(=O)c1cccc(C(F)(F)F)c1. The number of pyridine rings is 1. The van der Waals surface area contributed by atoms with E-state index in [2.05, 4.69) is 4.98 Å². The maximum absolute atomic E-state index is 12.7. The quantitative estimate of drug-likeness (QED) is 0.867. The van der Waals surface area contributed by atoms with Crippen LogP contribution in [0.15, 0.2) is 48.7 Å². The second-order valence-corrected chi connectivity index (χ2v) is 4.88. The minimum absolute atomic E-state index is 0.0262. The van der Waals surface area contributed by atoms with Crippen LogP contribution in [0.5, 0.6) is 0 Å². The average molecular weight is 308 g/mol. The number of aromatic nitrogens is 1. The number of rotatable bonds is 4. The van der Waals surface area contributed by atoms with E-state index in [0.29, 0.717) is 13.0 Å². The van der Waals surface area contributed by atoms with Gasteiger partial charge >= 0.3 is 6.18 Å². The van der Waals surface area contributed by atoms with E-state index in [-0.39, 0.29) is 5.56 Å². The van der Waals surface area contributed by atoms with Gasteiger partial charge < -0.3 is 4.90 Å². The molecule has 22 heavy (non-hydrogen) atoms. The Morgan fingerprint density at radius 2 is 1.95 bits per heavy atom. The van der Waals surface area contributed by atoms with Gasteiger partial charge in [-0.15, -0.1) is 0 Å². The number of carbonyl (C=O) groups is 1. The topological polar surface area (TPSA) is 33.2 Å². The Bertz CT molecular complexity index is 641. The smallest absolute Gasteiger partial charge is 0.341 e. The van der Waals surface area contributed by atoms with Crippen molar-refractivity contribution in [2.75, 3.05) is 13.6 Å². The molecule has 1 aromatic heterocycles. The van der Waals surface area contributed by atoms with Crippen molar-refractivity contribution in [1.82, 2.24) is 9.88 Å². The zero-order valence-corrected chi connectivity index (χ0v) is 12.0. The van der Waals surface area contributed by atoms with Crippen molar-refractivity contribution in [2.24, 2.45) is 0 Å². The minimum atomic E-state index is -4.46. The summed E-state index contributed by atoms with van der Waals surface area (Å²) < 4.78 is 38.0. The van der Waals surface area contributed by atoms with Crippen molar-refractivity contribution in [2.45, 2.75) is 12.6 Å². The van der Waals surface area contributed by atoms with Gasteiger partial charge in [-0.3, -0.25) is 9.78 Å². The Labute approximate surface area is 126 Å². The molecule has 0 fully saturated rings. The van der Waals surface area contributed by atoms with Gasteiger partial charge in [0, 0.05) is 37.5 Å². The van der Waals surface area contributed by atoms with Gasteiger partial charge in [-0.25, -0.2) is 0 Å². The minimum Gasteiger partial charge on any atom is -0.341 e. The average Bonchev–Trinajstić information content (AvgIpc) is 2.52. The maximum atomic E-state index is 12.7. The van der Waals surface area contributed by atoms with Crippen molar-refractivity contribution < 1.29 is 18.0 Å². The molecular formula is C16H15F3N2O. The number of halogens is 3. The Hall–Kier alpha value is -2.37. The normalized spacial score (nSPS) is 11.3. The zero-order valence-electron chi connectivity index (χ0n) is 12.0. The van der Waals surface area contributed by atoms with Gasteiger partial charge in [0.1, 0.15) is 0 Å². The van der Waals surface area contributed by atoms with Crippen LogP contribution in [0.2, 0.25) is 0 Å². The molecular weight excluding hydrogens is 293 g/mol. The van der Waals surface area contributed by atoms with E-state index in [4.69, 9.17) is 0 Å². The van der Waals surface area contributed by atoms with E-state index in [1.54, 1.807) is 19.3 Å². The van der Waals surface area contributed by atoms with Crippen molar-refractivity contribution >= 4 is 5.91 Å². The highest BCUT2D eigenvalue weighted by Gasteiger charge is 2.31. The summed E-state index contributed by atoms with van der Waals surface area (Å²) in [5.74, 6) is -0.443. The third kappa shape index (κ3) is 4.07. The third-order valence-electron chi connectivity index (χ3n) is 3.21. The van der Waals surface area contributed by atoms with Crippen LogP contribution in [0.4, 0.5) is 13.2 Å². The number of carbonyl (C=O) groups excluding carboxylic acids is 1. The van der Waals surface area contributed by atoms with Gasteiger partial charge in [-0.05, 0) is 30.3 Å². The molecule has 0 aliphatic carbocycles. The Balaban J connectivity index is 2.04. The van der Waals surface area contributed by atoms with Gasteiger partial charge in [0.05, 0.1) is 5.56 Å². The van der Waals surface area contributed by atoms with Crippen molar-refractivity contribution in [3.8, 4) is 0 Å². The molecule has 0 aliphatic heterocycles. The van der Waals surface area contributed by atoms with Crippen LogP contribution in [-0.2, 0) is 12.6 Å². The van der Waals surface area contributed by atoms with Crippen molar-refractivity contribution in [1.29, 1.82) is 0 Å². The van der Waals surface area contributed by atoms with E-state index in [1.807, 2.05) is 12.1 Å². The van der Waals surface area contributed by atoms with E-state index in [0.717, 1.165) is 17.8 Å². The lowest BCUT2D eigenvalue weighted by atomic mass is 10.1. The number of nitrogens with zero attached hydrogens (tertiary/aromatic N) is 2. The number of amides is 1. The Kier molecular flexibility index (Phi) is 4.80. The zero-order chi connectivity index (χ0) is 16.2. The summed E-state index contributed by atoms with van der Waals surface area (Å²) in [5.41, 5.74) is 0.0287. The first-order valence-corrected chi connectivity index (χ1v) is 6.70. The molecule has 0 bridgehead atoms. The van der Waals surface area contributed by atoms with Gasteiger partial charge in [0.2, 0.25) is 0 Å². The van der Waals surface area contributed by atoms with Crippen LogP contribution < -0.4 is 0 Å². The summed E-state index contributed by atoms with van der Waals surface area (Å²) >= 11 is 0. The van der Waals surface area contributed by atoms with Gasteiger partial charge in [-0.1, -0.05) is 12.1 Å². The predicted molar refractivity (Wildman–Crippen MR) is 76.3 cm³/mol. The predicted octanol–water partition coefficient (Wildman–Crippen LogP) is 3.42. The number of likely N-dealkylation sites (N-methyl/N-ethyl adjacent to an activating group) is 1. The van der Waals surface area contributed by atoms with Gasteiger partial charge in [0.25, 0.3) is 5.91 Å². The Morgan fingerprint density at radius 3 is 2.59 bits per heavy atom. The molecule has 1 aromatic carbocycles. The molecule has 6 heteroatoms. The summed E-state index contributed by atoms with van der Waals surface area (Å²) in [4.78, 5) is 17.7. The fraction of sp³-hybridized carbons (Fsp3) is 0.250. The first kappa shape index (κ1) is 16.0. The third-order valence-corrected chi connectivity index (χ3v) is 3.21. The van der Waals surface area contributed by atoms with Gasteiger partial charge in [-0.2, -0.15) is 13.2 Å². The van der Waals surface area contributed by atoms with Crippen molar-refractivity contribution in [3.05, 3.63) is 65.5 Å². The number of hydrogen-bond donors (Lipinski definition) is 0. The summed E-state index contributed by atoms with van der Waals surface area (Å²) in [5, 5.41) is 0. The highest BCUT2D eigenvalue weighted by molar-refractivity contribution is 5.94. The van der Waals surface area contributed by atoms with Crippen LogP contribution in [0, 0.1) is 0 Å². The molecule has 0 N–H and O–H groups in total. The second kappa shape index (κ2) is 6.60. The monoisotopic (exact) mass is 308 g/mol. The number of hydrogen-bond acceptors (Lipinski definition) is 2. The molecule has 0 spiro atoms. The fourth-order valence-electron chi connectivity index (χ4n) is 1.98. The highest BCUT2D eigenvalue weighted by atomic mass is 19.4. The molecule has 1 heterocycles. The molecule has 1 amide bonds. The molecule has 116 valence electrons. The van der Waals surface area contributed by atoms with Crippen LogP contribution in [-0.4, -0.2) is 29.4 Å². The lowest BCUT2D eigenvalue weighted by molar-refractivity contribution is -0.137. The molecule has 0 unspecified atom stereocenters. The highest BCUT2D eigenvalue weighted by Crippen LogP contribution is 2.29. The van der Waals surface area contributed by atoms with E-state index >= 15 is 0 Å². The molecule has 3 nitrogen and oxygen atoms in total. The van der Waals surface area contributed by atoms with Gasteiger partial charge in [0.15, 0.2) is 0 Å². The molecule has 0 saturated carbocycles. The van der Waals surface area contributed by atoms with Crippen LogP contribution in [0.1, 0.15) is 21.6 Å². The van der Waals surface area contributed by atoms with E-state index < -0.39 is 17.6 Å². The van der Waals surface area contributed by atoms with E-state index in [9.17, 15) is 18.0 Å². The molecule has 2 aromatic rings. The van der Waals surface area contributed by atoms with Crippen LogP contribution in [0.25, 0.3) is 0 Å². The standard InChI is InChI=1S/C16H15F3N2O/c1-21(10-8-14-7-2-3-9-20-14)15(22)12-5-4-6-13(11-12)16(17,18)19/h2-7,9,11H,8,10H2,1H3. The molecule has 2 rings (SSSR count). The van der Waals surface area contributed by atoms with E-state index in [1.165, 1.54) is 17.0 Å². The molecule has 0 radical (unpaired) electrons. The summed E-state index contributed by atoms with van der Waals surface area (Å²) in [6.07, 6.45) is -2.26. The molecule has 0 saturated heterocycles. The maximum Gasteiger partial charge on any atom is 0.416 e.